The molecule has 3 atom stereocenters. The SMILES string of the molecule is Cc1cc(OCCCS(C)(=O)=O)cc(C)c1-c1cccc(COc2ccc3c(c2)[C@H]2C[C@H]2[C@@H]3CC(=O)O)c1. The van der Waals surface area contributed by atoms with Crippen LogP contribution in [0, 0.1) is 19.8 Å². The van der Waals surface area contributed by atoms with Gasteiger partial charge in [-0.2, -0.15) is 0 Å². The molecule has 0 heterocycles. The highest BCUT2D eigenvalue weighted by molar-refractivity contribution is 7.90. The number of benzene rings is 3. The number of aliphatic carboxylic acids is 1. The zero-order valence-corrected chi connectivity index (χ0v) is 22.9. The van der Waals surface area contributed by atoms with Gasteiger partial charge in [0.1, 0.15) is 27.9 Å². The second-order valence-corrected chi connectivity index (χ2v) is 13.0. The van der Waals surface area contributed by atoms with Crippen LogP contribution in [0.5, 0.6) is 11.5 Å². The van der Waals surface area contributed by atoms with E-state index < -0.39 is 15.8 Å². The van der Waals surface area contributed by atoms with E-state index in [2.05, 4.69) is 44.2 Å². The van der Waals surface area contributed by atoms with Crippen LogP contribution in [0.2, 0.25) is 0 Å². The number of carbonyl (C=O) groups is 1. The van der Waals surface area contributed by atoms with Crippen LogP contribution in [-0.4, -0.2) is 38.1 Å². The van der Waals surface area contributed by atoms with Crippen molar-refractivity contribution in [2.75, 3.05) is 18.6 Å². The van der Waals surface area contributed by atoms with Gasteiger partial charge in [-0.05, 0) is 114 Å². The highest BCUT2D eigenvalue weighted by atomic mass is 32.2. The molecule has 0 saturated heterocycles. The minimum absolute atomic E-state index is 0.121. The summed E-state index contributed by atoms with van der Waals surface area (Å²) < 4.78 is 34.6. The van der Waals surface area contributed by atoms with Gasteiger partial charge in [-0.25, -0.2) is 8.42 Å². The molecule has 3 aromatic carbocycles. The van der Waals surface area contributed by atoms with E-state index in [0.717, 1.165) is 45.7 Å². The van der Waals surface area contributed by atoms with Crippen molar-refractivity contribution in [3.8, 4) is 22.6 Å². The number of carboxylic acid groups (broad SMARTS) is 1. The molecule has 2 aliphatic rings. The van der Waals surface area contributed by atoms with Crippen molar-refractivity contribution >= 4 is 15.8 Å². The van der Waals surface area contributed by atoms with Crippen LogP contribution >= 0.6 is 0 Å². The minimum Gasteiger partial charge on any atom is -0.494 e. The Balaban J connectivity index is 1.25. The van der Waals surface area contributed by atoms with Gasteiger partial charge in [0.25, 0.3) is 0 Å². The normalized spacial score (nSPS) is 19.5. The number of rotatable bonds is 11. The summed E-state index contributed by atoms with van der Waals surface area (Å²) in [6, 6.07) is 18.5. The van der Waals surface area contributed by atoms with Crippen molar-refractivity contribution in [3.63, 3.8) is 0 Å². The fourth-order valence-corrected chi connectivity index (χ4v) is 6.60. The van der Waals surface area contributed by atoms with Crippen LogP contribution in [-0.2, 0) is 21.2 Å². The van der Waals surface area contributed by atoms with E-state index in [1.165, 1.54) is 17.4 Å². The van der Waals surface area contributed by atoms with Gasteiger partial charge >= 0.3 is 5.97 Å². The van der Waals surface area contributed by atoms with E-state index in [0.29, 0.717) is 31.5 Å². The first-order chi connectivity index (χ1) is 18.1. The lowest BCUT2D eigenvalue weighted by Crippen LogP contribution is -2.08. The Morgan fingerprint density at radius 3 is 2.45 bits per heavy atom. The third kappa shape index (κ3) is 5.88. The largest absolute Gasteiger partial charge is 0.494 e. The summed E-state index contributed by atoms with van der Waals surface area (Å²) in [4.78, 5) is 11.3. The highest BCUT2D eigenvalue weighted by Crippen LogP contribution is 2.64. The number of fused-ring (bicyclic) bond motifs is 3. The van der Waals surface area contributed by atoms with E-state index in [1.54, 1.807) is 0 Å². The predicted octanol–water partition coefficient (Wildman–Crippen LogP) is 6.04. The maximum absolute atomic E-state index is 11.3. The van der Waals surface area contributed by atoms with Gasteiger partial charge in [-0.3, -0.25) is 4.79 Å². The average molecular weight is 535 g/mol. The Bertz CT molecular complexity index is 1450. The molecule has 1 fully saturated rings. The Hall–Kier alpha value is -3.32. The predicted molar refractivity (Wildman–Crippen MR) is 148 cm³/mol. The quantitative estimate of drug-likeness (QED) is 0.302. The van der Waals surface area contributed by atoms with Crippen molar-refractivity contribution in [1.29, 1.82) is 0 Å². The summed E-state index contributed by atoms with van der Waals surface area (Å²) in [7, 11) is -2.98. The molecule has 1 saturated carbocycles. The number of hydrogen-bond acceptors (Lipinski definition) is 5. The van der Waals surface area contributed by atoms with Crippen LogP contribution in [0.4, 0.5) is 0 Å². The molecular formula is C31H34O6S. The summed E-state index contributed by atoms with van der Waals surface area (Å²) in [5.74, 6) is 2.05. The van der Waals surface area contributed by atoms with Gasteiger partial charge in [0.2, 0.25) is 0 Å². The lowest BCUT2D eigenvalue weighted by molar-refractivity contribution is -0.137. The fourth-order valence-electron chi connectivity index (χ4n) is 5.96. The zero-order valence-electron chi connectivity index (χ0n) is 22.1. The van der Waals surface area contributed by atoms with Crippen LogP contribution in [0.1, 0.15) is 58.9 Å². The van der Waals surface area contributed by atoms with E-state index in [4.69, 9.17) is 9.47 Å². The van der Waals surface area contributed by atoms with Crippen molar-refractivity contribution in [3.05, 3.63) is 82.4 Å². The molecule has 1 N–H and O–H groups in total. The molecule has 2 aliphatic carbocycles. The standard InChI is InChI=1S/C31H34O6S/c1-19-12-24(36-10-5-11-38(3,34)35)13-20(2)31(19)22-7-4-6-21(14-22)18-37-23-8-9-25-26(15-23)27-16-28(27)29(25)17-30(32)33/h4,6-9,12-15,27-29H,5,10-11,16-18H2,1-3H3,(H,32,33)/t27-,28-,29-/m1/s1. The number of aryl methyl sites for hydroxylation is 2. The van der Waals surface area contributed by atoms with E-state index in [1.807, 2.05) is 24.3 Å². The smallest absolute Gasteiger partial charge is 0.303 e. The molecule has 0 radical (unpaired) electrons. The monoisotopic (exact) mass is 534 g/mol. The van der Waals surface area contributed by atoms with E-state index in [9.17, 15) is 18.3 Å². The van der Waals surface area contributed by atoms with Crippen LogP contribution in [0.15, 0.2) is 54.6 Å². The second kappa shape index (κ2) is 10.4. The Labute approximate surface area is 224 Å². The molecule has 0 aliphatic heterocycles. The van der Waals surface area contributed by atoms with Crippen LogP contribution in [0.25, 0.3) is 11.1 Å². The molecule has 3 aromatic rings. The highest BCUT2D eigenvalue weighted by Gasteiger charge is 2.52. The molecule has 0 amide bonds. The van der Waals surface area contributed by atoms with Gasteiger partial charge < -0.3 is 14.6 Å². The van der Waals surface area contributed by atoms with E-state index >= 15 is 0 Å². The molecule has 0 unspecified atom stereocenters. The summed E-state index contributed by atoms with van der Waals surface area (Å²) in [5, 5.41) is 9.27. The zero-order chi connectivity index (χ0) is 27.0. The van der Waals surface area contributed by atoms with Gasteiger partial charge in [-0.15, -0.1) is 0 Å². The molecule has 0 bridgehead atoms. The van der Waals surface area contributed by atoms with Crippen LogP contribution < -0.4 is 9.47 Å². The summed E-state index contributed by atoms with van der Waals surface area (Å²) in [5.41, 5.74) is 7.95. The van der Waals surface area contributed by atoms with Crippen molar-refractivity contribution in [2.45, 2.75) is 51.6 Å². The van der Waals surface area contributed by atoms with Crippen molar-refractivity contribution in [1.82, 2.24) is 0 Å². The molecule has 7 heteroatoms. The second-order valence-electron chi connectivity index (χ2n) is 10.8. The molecule has 6 nitrogen and oxygen atoms in total. The Morgan fingerprint density at radius 2 is 1.74 bits per heavy atom. The molecular weight excluding hydrogens is 500 g/mol. The minimum atomic E-state index is -2.98. The van der Waals surface area contributed by atoms with Gasteiger partial charge in [0.15, 0.2) is 0 Å². The summed E-state index contributed by atoms with van der Waals surface area (Å²) in [6.07, 6.45) is 2.99. The third-order valence-electron chi connectivity index (χ3n) is 7.66. The fraction of sp³-hybridized carbons (Fsp3) is 0.387. The van der Waals surface area contributed by atoms with Gasteiger partial charge in [0, 0.05) is 6.26 Å². The van der Waals surface area contributed by atoms with Crippen LogP contribution in [0.3, 0.4) is 0 Å². The molecule has 0 aromatic heterocycles. The van der Waals surface area contributed by atoms with Crippen molar-refractivity contribution < 1.29 is 27.8 Å². The molecule has 0 spiro atoms. The number of carboxylic acids is 1. The molecule has 5 rings (SSSR count). The van der Waals surface area contributed by atoms with E-state index in [-0.39, 0.29) is 18.1 Å². The first-order valence-corrected chi connectivity index (χ1v) is 15.1. The number of hydrogen-bond donors (Lipinski definition) is 1. The number of ether oxygens (including phenoxy) is 2. The summed E-state index contributed by atoms with van der Waals surface area (Å²) >= 11 is 0. The topological polar surface area (TPSA) is 89.9 Å². The first-order valence-electron chi connectivity index (χ1n) is 13.1. The lowest BCUT2D eigenvalue weighted by Gasteiger charge is -2.16. The maximum Gasteiger partial charge on any atom is 0.303 e. The first kappa shape index (κ1) is 26.3. The van der Waals surface area contributed by atoms with Crippen molar-refractivity contribution in [2.24, 2.45) is 5.92 Å². The summed E-state index contributed by atoms with van der Waals surface area (Å²) in [6.45, 7) is 4.92. The van der Waals surface area contributed by atoms with Gasteiger partial charge in [0.05, 0.1) is 18.8 Å². The Kier molecular flexibility index (Phi) is 7.23. The molecule has 200 valence electrons. The Morgan fingerprint density at radius 1 is 0.974 bits per heavy atom. The maximum atomic E-state index is 11.3. The average Bonchev–Trinajstić information content (AvgIpc) is 3.58. The third-order valence-corrected chi connectivity index (χ3v) is 8.69. The number of sulfone groups is 1. The van der Waals surface area contributed by atoms with Gasteiger partial charge in [-0.1, -0.05) is 24.3 Å². The lowest BCUT2D eigenvalue weighted by atomic mass is 9.93. The molecule has 38 heavy (non-hydrogen) atoms.